The second-order valence-corrected chi connectivity index (χ2v) is 5.98. The average molecular weight is 314 g/mol. The van der Waals surface area contributed by atoms with Crippen LogP contribution in [-0.2, 0) is 19.6 Å². The van der Waals surface area contributed by atoms with Gasteiger partial charge in [0.2, 0.25) is 15.9 Å². The minimum Gasteiger partial charge on any atom is -0.480 e. The second-order valence-electron chi connectivity index (χ2n) is 4.27. The van der Waals surface area contributed by atoms with Crippen molar-refractivity contribution in [1.82, 2.24) is 4.72 Å². The van der Waals surface area contributed by atoms with Crippen LogP contribution in [-0.4, -0.2) is 37.2 Å². The maximum atomic E-state index is 12.1. The molecule has 9 heteroatoms. The average Bonchev–Trinajstić information content (AvgIpc) is 2.37. The van der Waals surface area contributed by atoms with Gasteiger partial charge >= 0.3 is 5.97 Å². The highest BCUT2D eigenvalue weighted by atomic mass is 32.2. The van der Waals surface area contributed by atoms with Crippen LogP contribution in [0.15, 0.2) is 29.2 Å². The van der Waals surface area contributed by atoms with Crippen molar-refractivity contribution in [3.05, 3.63) is 29.8 Å². The summed E-state index contributed by atoms with van der Waals surface area (Å²) in [6.45, 7) is 1.27. The third-order valence-electron chi connectivity index (χ3n) is 2.55. The fourth-order valence-electron chi connectivity index (χ4n) is 1.52. The summed E-state index contributed by atoms with van der Waals surface area (Å²) in [6, 6.07) is 3.44. The van der Waals surface area contributed by atoms with Crippen LogP contribution < -0.4 is 10.5 Å². The number of hydrogen-bond acceptors (Lipinski definition) is 5. The monoisotopic (exact) mass is 314 g/mol. The number of primary amides is 1. The van der Waals surface area contributed by atoms with Crippen LogP contribution in [0.5, 0.6) is 0 Å². The number of hydrogen-bond donors (Lipinski definition) is 3. The molecule has 0 fully saturated rings. The van der Waals surface area contributed by atoms with Crippen LogP contribution >= 0.6 is 0 Å². The van der Waals surface area contributed by atoms with E-state index in [-0.39, 0.29) is 16.2 Å². The van der Waals surface area contributed by atoms with E-state index in [1.807, 2.05) is 4.72 Å². The van der Waals surface area contributed by atoms with Crippen molar-refractivity contribution in [2.24, 2.45) is 5.73 Å². The van der Waals surface area contributed by atoms with E-state index < -0.39 is 34.4 Å². The lowest BCUT2D eigenvalue weighted by molar-refractivity contribution is -0.140. The van der Waals surface area contributed by atoms with Gasteiger partial charge < -0.3 is 10.8 Å². The fourth-order valence-corrected chi connectivity index (χ4v) is 2.75. The van der Waals surface area contributed by atoms with E-state index in [1.54, 1.807) is 0 Å². The van der Waals surface area contributed by atoms with Gasteiger partial charge in [-0.15, -0.1) is 0 Å². The quantitative estimate of drug-likeness (QED) is 0.578. The molecule has 1 aromatic rings. The minimum atomic E-state index is -4.20. The standard InChI is InChI=1S/C12H14N2O6S/c1-7(15)8-3-2-4-9(5-8)21(19,20)14-10(12(17)18)6-11(13)16/h2-5,10,14H,6H2,1H3,(H2,13,16)(H,17,18)/t10-/m0/s1. The Morgan fingerprint density at radius 1 is 1.33 bits per heavy atom. The Hall–Kier alpha value is -2.26. The molecule has 8 nitrogen and oxygen atoms in total. The highest BCUT2D eigenvalue weighted by Gasteiger charge is 2.27. The lowest BCUT2D eigenvalue weighted by Crippen LogP contribution is -2.43. The molecule has 1 amide bonds. The zero-order chi connectivity index (χ0) is 16.2. The van der Waals surface area contributed by atoms with Gasteiger partial charge in [0.1, 0.15) is 6.04 Å². The Morgan fingerprint density at radius 2 is 1.95 bits per heavy atom. The number of aliphatic carboxylic acids is 1. The smallest absolute Gasteiger partial charge is 0.322 e. The SMILES string of the molecule is CC(=O)c1cccc(S(=O)(=O)N[C@@H](CC(N)=O)C(=O)O)c1. The molecular weight excluding hydrogens is 300 g/mol. The molecule has 1 aromatic carbocycles. The van der Waals surface area contributed by atoms with Crippen LogP contribution in [0.3, 0.4) is 0 Å². The van der Waals surface area contributed by atoms with Crippen molar-refractivity contribution in [2.45, 2.75) is 24.3 Å². The molecule has 114 valence electrons. The molecule has 0 aromatic heterocycles. The van der Waals surface area contributed by atoms with Gasteiger partial charge in [-0.3, -0.25) is 14.4 Å². The molecule has 0 aliphatic rings. The van der Waals surface area contributed by atoms with Crippen LogP contribution in [0.25, 0.3) is 0 Å². The lowest BCUT2D eigenvalue weighted by Gasteiger charge is -2.13. The highest BCUT2D eigenvalue weighted by molar-refractivity contribution is 7.89. The number of carbonyl (C=O) groups is 3. The molecule has 0 radical (unpaired) electrons. The molecule has 0 bridgehead atoms. The van der Waals surface area contributed by atoms with E-state index in [9.17, 15) is 22.8 Å². The van der Waals surface area contributed by atoms with E-state index in [2.05, 4.69) is 0 Å². The van der Waals surface area contributed by atoms with Crippen molar-refractivity contribution in [3.8, 4) is 0 Å². The summed E-state index contributed by atoms with van der Waals surface area (Å²) in [4.78, 5) is 32.6. The topological polar surface area (TPSA) is 144 Å². The van der Waals surface area contributed by atoms with E-state index in [0.717, 1.165) is 6.07 Å². The normalized spacial score (nSPS) is 12.6. The molecular formula is C12H14N2O6S. The molecule has 21 heavy (non-hydrogen) atoms. The number of nitrogens with one attached hydrogen (secondary N) is 1. The zero-order valence-corrected chi connectivity index (χ0v) is 11.9. The van der Waals surface area contributed by atoms with Crippen molar-refractivity contribution < 1.29 is 27.9 Å². The predicted molar refractivity (Wildman–Crippen MR) is 72.0 cm³/mol. The summed E-state index contributed by atoms with van der Waals surface area (Å²) in [7, 11) is -4.20. The first kappa shape index (κ1) is 16.8. The Bertz CT molecular complexity index is 683. The van der Waals surface area contributed by atoms with Crippen LogP contribution in [0.4, 0.5) is 0 Å². The molecule has 0 saturated carbocycles. The van der Waals surface area contributed by atoms with E-state index in [0.29, 0.717) is 0 Å². The number of nitrogens with two attached hydrogens (primary N) is 1. The van der Waals surface area contributed by atoms with E-state index >= 15 is 0 Å². The van der Waals surface area contributed by atoms with Gasteiger partial charge in [0.05, 0.1) is 11.3 Å². The third kappa shape index (κ3) is 4.65. The molecule has 4 N–H and O–H groups in total. The molecule has 0 spiro atoms. The number of carboxylic acids is 1. The summed E-state index contributed by atoms with van der Waals surface area (Å²) in [5.41, 5.74) is 5.04. The number of sulfonamides is 1. The molecule has 0 saturated heterocycles. The zero-order valence-electron chi connectivity index (χ0n) is 11.1. The highest BCUT2D eigenvalue weighted by Crippen LogP contribution is 2.13. The lowest BCUT2D eigenvalue weighted by atomic mass is 10.2. The molecule has 0 aliphatic carbocycles. The van der Waals surface area contributed by atoms with Crippen molar-refractivity contribution in [1.29, 1.82) is 0 Å². The number of carbonyl (C=O) groups excluding carboxylic acids is 2. The van der Waals surface area contributed by atoms with Gasteiger partial charge in [0.25, 0.3) is 0 Å². The Labute approximate surface area is 121 Å². The van der Waals surface area contributed by atoms with Gasteiger partial charge in [-0.1, -0.05) is 12.1 Å². The molecule has 1 rings (SSSR count). The second kappa shape index (κ2) is 6.46. The first-order valence-corrected chi connectivity index (χ1v) is 7.26. The third-order valence-corrected chi connectivity index (χ3v) is 4.02. The van der Waals surface area contributed by atoms with Gasteiger partial charge in [0, 0.05) is 5.56 Å². The van der Waals surface area contributed by atoms with Crippen LogP contribution in [0.1, 0.15) is 23.7 Å². The van der Waals surface area contributed by atoms with Gasteiger partial charge in [-0.2, -0.15) is 4.72 Å². The maximum absolute atomic E-state index is 12.1. The molecule has 1 atom stereocenters. The Kier molecular flexibility index (Phi) is 5.17. The largest absolute Gasteiger partial charge is 0.480 e. The first-order chi connectivity index (χ1) is 9.63. The van der Waals surface area contributed by atoms with Gasteiger partial charge in [-0.25, -0.2) is 8.42 Å². The van der Waals surface area contributed by atoms with Crippen LogP contribution in [0.2, 0.25) is 0 Å². The number of rotatable bonds is 7. The first-order valence-electron chi connectivity index (χ1n) is 5.78. The predicted octanol–water partition coefficient (Wildman–Crippen LogP) is -0.504. The van der Waals surface area contributed by atoms with Gasteiger partial charge in [0.15, 0.2) is 5.78 Å². The number of carboxylic acid groups (broad SMARTS) is 1. The Balaban J connectivity index is 3.10. The number of benzene rings is 1. The number of Topliss-reactive ketones (excluding diaryl/α,β-unsaturated/α-hetero) is 1. The summed E-state index contributed by atoms with van der Waals surface area (Å²) in [6.07, 6.45) is -0.680. The maximum Gasteiger partial charge on any atom is 0.322 e. The molecule has 0 heterocycles. The number of amides is 1. The summed E-state index contributed by atoms with van der Waals surface area (Å²) in [5.74, 6) is -2.82. The summed E-state index contributed by atoms with van der Waals surface area (Å²) >= 11 is 0. The van der Waals surface area contributed by atoms with E-state index in [4.69, 9.17) is 10.8 Å². The summed E-state index contributed by atoms with van der Waals surface area (Å²) < 4.78 is 26.0. The van der Waals surface area contributed by atoms with Crippen molar-refractivity contribution in [2.75, 3.05) is 0 Å². The summed E-state index contributed by atoms with van der Waals surface area (Å²) in [5, 5.41) is 8.89. The van der Waals surface area contributed by atoms with Crippen molar-refractivity contribution >= 4 is 27.7 Å². The molecule has 0 unspecified atom stereocenters. The molecule has 0 aliphatic heterocycles. The Morgan fingerprint density at radius 3 is 2.43 bits per heavy atom. The number of ketones is 1. The van der Waals surface area contributed by atoms with Gasteiger partial charge in [-0.05, 0) is 19.1 Å². The minimum absolute atomic E-state index is 0.166. The van der Waals surface area contributed by atoms with Crippen LogP contribution in [0, 0.1) is 0 Å². The van der Waals surface area contributed by atoms with E-state index in [1.165, 1.54) is 25.1 Å². The van der Waals surface area contributed by atoms with Crippen molar-refractivity contribution in [3.63, 3.8) is 0 Å². The fraction of sp³-hybridized carbons (Fsp3) is 0.250.